The molecule has 0 unspecified atom stereocenters. The van der Waals surface area contributed by atoms with Crippen molar-refractivity contribution in [1.82, 2.24) is 29.4 Å². The molecule has 0 aliphatic carbocycles. The topological polar surface area (TPSA) is 78.1 Å². The Labute approximate surface area is 164 Å². The van der Waals surface area contributed by atoms with Crippen LogP contribution in [0.15, 0.2) is 11.4 Å². The standard InChI is InChI=1S/C18H28N6O2S/c1-5-24-11-14(17(21-24)26-6-2)16-19-20-18(22(16)4)27-12-15(25)23-9-7-13(3)8-10-23/h11,13H,5-10,12H2,1-4H3. The van der Waals surface area contributed by atoms with Crippen molar-refractivity contribution in [2.45, 2.75) is 45.3 Å². The van der Waals surface area contributed by atoms with Gasteiger partial charge in [-0.15, -0.1) is 15.3 Å². The molecule has 0 aromatic carbocycles. The van der Waals surface area contributed by atoms with Gasteiger partial charge in [0.05, 0.1) is 12.4 Å². The van der Waals surface area contributed by atoms with Gasteiger partial charge in [-0.05, 0) is 32.6 Å². The maximum Gasteiger partial charge on any atom is 0.243 e. The van der Waals surface area contributed by atoms with Crippen molar-refractivity contribution in [3.63, 3.8) is 0 Å². The molecule has 1 aliphatic rings. The molecule has 0 atom stereocenters. The first kappa shape index (κ1) is 19.7. The average molecular weight is 393 g/mol. The molecule has 1 aliphatic heterocycles. The number of thioether (sulfide) groups is 1. The van der Waals surface area contributed by atoms with Gasteiger partial charge >= 0.3 is 0 Å². The zero-order valence-electron chi connectivity index (χ0n) is 16.5. The van der Waals surface area contributed by atoms with E-state index in [1.54, 1.807) is 0 Å². The average Bonchev–Trinajstić information content (AvgIpc) is 3.23. The fourth-order valence-electron chi connectivity index (χ4n) is 3.11. The number of hydrogen-bond acceptors (Lipinski definition) is 6. The number of piperidine rings is 1. The molecule has 2 aromatic heterocycles. The Morgan fingerprint density at radius 2 is 2.04 bits per heavy atom. The van der Waals surface area contributed by atoms with Crippen LogP contribution in [0.3, 0.4) is 0 Å². The zero-order chi connectivity index (χ0) is 19.4. The van der Waals surface area contributed by atoms with Crippen LogP contribution in [0.2, 0.25) is 0 Å². The van der Waals surface area contributed by atoms with Crippen molar-refractivity contribution in [2.24, 2.45) is 13.0 Å². The summed E-state index contributed by atoms with van der Waals surface area (Å²) in [6, 6.07) is 0. The van der Waals surface area contributed by atoms with Crippen LogP contribution in [-0.2, 0) is 18.4 Å². The van der Waals surface area contributed by atoms with Crippen molar-refractivity contribution in [3.05, 3.63) is 6.20 Å². The molecule has 0 bridgehead atoms. The summed E-state index contributed by atoms with van der Waals surface area (Å²) in [6.45, 7) is 9.21. The van der Waals surface area contributed by atoms with Crippen LogP contribution in [0, 0.1) is 5.92 Å². The number of aromatic nitrogens is 5. The lowest BCUT2D eigenvalue weighted by atomic mass is 9.99. The first-order valence-electron chi connectivity index (χ1n) is 9.54. The quantitative estimate of drug-likeness (QED) is 0.674. The molecular formula is C18H28N6O2S. The minimum absolute atomic E-state index is 0.172. The van der Waals surface area contributed by atoms with E-state index >= 15 is 0 Å². The normalized spacial score (nSPS) is 15.3. The Balaban J connectivity index is 1.69. The van der Waals surface area contributed by atoms with Crippen molar-refractivity contribution < 1.29 is 9.53 Å². The number of aryl methyl sites for hydroxylation is 1. The minimum atomic E-state index is 0.172. The van der Waals surface area contributed by atoms with Crippen LogP contribution >= 0.6 is 11.8 Å². The lowest BCUT2D eigenvalue weighted by Crippen LogP contribution is -2.38. The van der Waals surface area contributed by atoms with Crippen LogP contribution < -0.4 is 4.74 Å². The van der Waals surface area contributed by atoms with E-state index in [0.717, 1.165) is 43.2 Å². The summed E-state index contributed by atoms with van der Waals surface area (Å²) in [5.41, 5.74) is 0.817. The molecule has 0 spiro atoms. The van der Waals surface area contributed by atoms with E-state index in [-0.39, 0.29) is 5.91 Å². The molecule has 3 rings (SSSR count). The third kappa shape index (κ3) is 4.45. The maximum atomic E-state index is 12.5. The molecule has 148 valence electrons. The van der Waals surface area contributed by atoms with Crippen LogP contribution in [0.4, 0.5) is 0 Å². The van der Waals surface area contributed by atoms with E-state index in [0.29, 0.717) is 30.0 Å². The first-order valence-corrected chi connectivity index (χ1v) is 10.5. The lowest BCUT2D eigenvalue weighted by molar-refractivity contribution is -0.129. The van der Waals surface area contributed by atoms with Crippen molar-refractivity contribution >= 4 is 17.7 Å². The third-order valence-corrected chi connectivity index (χ3v) is 5.87. The molecule has 1 amide bonds. The number of hydrogen-bond donors (Lipinski definition) is 0. The van der Waals surface area contributed by atoms with Gasteiger partial charge in [0.1, 0.15) is 5.56 Å². The van der Waals surface area contributed by atoms with E-state index < -0.39 is 0 Å². The Kier molecular flexibility index (Phi) is 6.41. The predicted octanol–water partition coefficient (Wildman–Crippen LogP) is 2.45. The predicted molar refractivity (Wildman–Crippen MR) is 105 cm³/mol. The van der Waals surface area contributed by atoms with E-state index in [1.165, 1.54) is 11.8 Å². The van der Waals surface area contributed by atoms with Gasteiger partial charge in [-0.3, -0.25) is 9.48 Å². The maximum absolute atomic E-state index is 12.5. The second-order valence-electron chi connectivity index (χ2n) is 6.85. The molecule has 0 N–H and O–H groups in total. The van der Waals surface area contributed by atoms with Crippen LogP contribution in [0.25, 0.3) is 11.4 Å². The second-order valence-corrected chi connectivity index (χ2v) is 7.80. The van der Waals surface area contributed by atoms with Crippen molar-refractivity contribution in [1.29, 1.82) is 0 Å². The van der Waals surface area contributed by atoms with Crippen molar-refractivity contribution in [3.8, 4) is 17.3 Å². The minimum Gasteiger partial charge on any atom is -0.476 e. The Bertz CT molecular complexity index is 779. The van der Waals surface area contributed by atoms with Gasteiger partial charge in [-0.1, -0.05) is 18.7 Å². The van der Waals surface area contributed by atoms with Gasteiger partial charge in [0.25, 0.3) is 0 Å². The second kappa shape index (κ2) is 8.77. The number of likely N-dealkylation sites (tertiary alicyclic amines) is 1. The first-order chi connectivity index (χ1) is 13.0. The summed E-state index contributed by atoms with van der Waals surface area (Å²) >= 11 is 1.43. The van der Waals surface area contributed by atoms with Gasteiger partial charge in [0, 0.05) is 32.9 Å². The van der Waals surface area contributed by atoms with Crippen LogP contribution in [-0.4, -0.2) is 60.8 Å². The highest BCUT2D eigenvalue weighted by Crippen LogP contribution is 2.29. The molecule has 3 heterocycles. The van der Waals surface area contributed by atoms with Gasteiger partial charge in [-0.2, -0.15) is 0 Å². The molecule has 0 radical (unpaired) electrons. The number of amides is 1. The third-order valence-electron chi connectivity index (χ3n) is 4.87. The Morgan fingerprint density at radius 1 is 1.30 bits per heavy atom. The van der Waals surface area contributed by atoms with E-state index in [4.69, 9.17) is 4.74 Å². The summed E-state index contributed by atoms with van der Waals surface area (Å²) in [5.74, 6) is 2.52. The molecule has 9 heteroatoms. The molecule has 8 nitrogen and oxygen atoms in total. The van der Waals surface area contributed by atoms with Crippen LogP contribution in [0.5, 0.6) is 5.88 Å². The summed E-state index contributed by atoms with van der Waals surface area (Å²) in [6.07, 6.45) is 4.10. The lowest BCUT2D eigenvalue weighted by Gasteiger charge is -2.30. The summed E-state index contributed by atoms with van der Waals surface area (Å²) < 4.78 is 9.36. The van der Waals surface area contributed by atoms with Gasteiger partial charge in [-0.25, -0.2) is 0 Å². The summed E-state index contributed by atoms with van der Waals surface area (Å²) in [4.78, 5) is 14.4. The fraction of sp³-hybridized carbons (Fsp3) is 0.667. The zero-order valence-corrected chi connectivity index (χ0v) is 17.3. The molecule has 0 saturated carbocycles. The number of carbonyl (C=O) groups is 1. The van der Waals surface area contributed by atoms with Crippen molar-refractivity contribution in [2.75, 3.05) is 25.4 Å². The highest BCUT2D eigenvalue weighted by molar-refractivity contribution is 7.99. The van der Waals surface area contributed by atoms with Gasteiger partial charge in [0.2, 0.25) is 11.8 Å². The van der Waals surface area contributed by atoms with E-state index in [1.807, 2.05) is 41.2 Å². The number of carbonyl (C=O) groups excluding carboxylic acids is 1. The van der Waals surface area contributed by atoms with E-state index in [2.05, 4.69) is 22.2 Å². The Hall–Kier alpha value is -2.03. The number of nitrogens with zero attached hydrogens (tertiary/aromatic N) is 6. The summed E-state index contributed by atoms with van der Waals surface area (Å²) in [5, 5.41) is 13.7. The molecule has 27 heavy (non-hydrogen) atoms. The van der Waals surface area contributed by atoms with Crippen LogP contribution in [0.1, 0.15) is 33.6 Å². The largest absolute Gasteiger partial charge is 0.476 e. The summed E-state index contributed by atoms with van der Waals surface area (Å²) in [7, 11) is 1.91. The molecular weight excluding hydrogens is 364 g/mol. The number of ether oxygens (including phenoxy) is 1. The molecule has 2 aromatic rings. The smallest absolute Gasteiger partial charge is 0.243 e. The molecule has 1 fully saturated rings. The van der Waals surface area contributed by atoms with Gasteiger partial charge < -0.3 is 14.2 Å². The highest BCUT2D eigenvalue weighted by Gasteiger charge is 2.22. The number of rotatable bonds is 7. The molecule has 1 saturated heterocycles. The Morgan fingerprint density at radius 3 is 2.70 bits per heavy atom. The monoisotopic (exact) mass is 392 g/mol. The van der Waals surface area contributed by atoms with Gasteiger partial charge in [0.15, 0.2) is 11.0 Å². The SMILES string of the molecule is CCOc1nn(CC)cc1-c1nnc(SCC(=O)N2CCC(C)CC2)n1C. The fourth-order valence-corrected chi connectivity index (χ4v) is 3.93. The van der Waals surface area contributed by atoms with E-state index in [9.17, 15) is 4.79 Å². The highest BCUT2D eigenvalue weighted by atomic mass is 32.2.